The quantitative estimate of drug-likeness (QED) is 0.364. The molecule has 0 aromatic rings. The van der Waals surface area contributed by atoms with Crippen LogP contribution in [0.25, 0.3) is 0 Å². The van der Waals surface area contributed by atoms with Crippen molar-refractivity contribution in [2.24, 2.45) is 10.8 Å². The van der Waals surface area contributed by atoms with E-state index < -0.39 is 34.7 Å². The molecule has 0 aromatic carbocycles. The topological polar surface area (TPSA) is 161 Å². The molecule has 2 aliphatic carbocycles. The van der Waals surface area contributed by atoms with Gasteiger partial charge in [0.15, 0.2) is 0 Å². The van der Waals surface area contributed by atoms with Crippen LogP contribution in [0.5, 0.6) is 0 Å². The number of carboxylic acids is 4. The van der Waals surface area contributed by atoms with Crippen LogP contribution < -0.4 is 20.4 Å². The molecule has 0 unspecified atom stereocenters. The third kappa shape index (κ3) is 3.43. The molecule has 0 aromatic heterocycles. The Morgan fingerprint density at radius 2 is 0.762 bits per heavy atom. The molecule has 0 radical (unpaired) electrons. The Morgan fingerprint density at radius 1 is 0.571 bits per heavy atom. The van der Waals surface area contributed by atoms with E-state index >= 15 is 0 Å². The third-order valence-electron chi connectivity index (χ3n) is 3.98. The van der Waals surface area contributed by atoms with Gasteiger partial charge in [-0.05, 0) is 25.7 Å². The van der Waals surface area contributed by atoms with Gasteiger partial charge in [-0.15, -0.1) is 0 Å². The van der Waals surface area contributed by atoms with Crippen molar-refractivity contribution in [1.82, 2.24) is 0 Å². The molecule has 2 aliphatic rings. The van der Waals surface area contributed by atoms with Crippen LogP contribution in [0.15, 0.2) is 0 Å². The first kappa shape index (κ1) is 19.6. The average molecular weight is 479 g/mol. The van der Waals surface area contributed by atoms with Crippen LogP contribution in [0.3, 0.4) is 0 Å². The van der Waals surface area contributed by atoms with E-state index in [0.29, 0.717) is 12.8 Å². The molecular formula is C12H12O8Pt. The van der Waals surface area contributed by atoms with E-state index in [1.165, 1.54) is 0 Å². The summed E-state index contributed by atoms with van der Waals surface area (Å²) in [6.45, 7) is 0. The molecule has 0 amide bonds. The van der Waals surface area contributed by atoms with Gasteiger partial charge in [-0.3, -0.25) is 0 Å². The van der Waals surface area contributed by atoms with E-state index in [1.807, 2.05) is 0 Å². The van der Waals surface area contributed by atoms with Crippen LogP contribution >= 0.6 is 0 Å². The van der Waals surface area contributed by atoms with Gasteiger partial charge in [0.1, 0.15) is 0 Å². The molecule has 8 nitrogen and oxygen atoms in total. The van der Waals surface area contributed by atoms with E-state index in [9.17, 15) is 39.6 Å². The third-order valence-corrected chi connectivity index (χ3v) is 3.98. The summed E-state index contributed by atoms with van der Waals surface area (Å²) in [6.07, 6.45) is 1.86. The standard InChI is InChI=1S/2C6H8O4.Pt/c2*7-4(8)6(5(9)10)2-1-3-6;/h2*1-3H2,(H,7,8)(H,9,10);/q;;+4/p-4. The van der Waals surface area contributed by atoms with Gasteiger partial charge >= 0.3 is 21.1 Å². The fourth-order valence-corrected chi connectivity index (χ4v) is 2.04. The molecule has 0 N–H and O–H groups in total. The summed E-state index contributed by atoms with van der Waals surface area (Å²) in [5, 5.41) is 40.9. The number of aliphatic carboxylic acids is 4. The Morgan fingerprint density at radius 3 is 0.762 bits per heavy atom. The SMILES string of the molecule is O=C([O-])C1(C(=O)[O-])CCC1.O=C([O-])C1(C(=O)[O-])CCC1.[Pt+4]. The van der Waals surface area contributed by atoms with Crippen LogP contribution in [0.1, 0.15) is 38.5 Å². The monoisotopic (exact) mass is 479 g/mol. The Kier molecular flexibility index (Phi) is 6.54. The molecule has 0 spiro atoms. The van der Waals surface area contributed by atoms with E-state index in [-0.39, 0.29) is 46.7 Å². The zero-order valence-electron chi connectivity index (χ0n) is 10.8. The Bertz CT molecular complexity index is 376. The van der Waals surface area contributed by atoms with Crippen molar-refractivity contribution in [3.8, 4) is 0 Å². The van der Waals surface area contributed by atoms with Crippen LogP contribution in [0.4, 0.5) is 0 Å². The molecule has 2 saturated carbocycles. The van der Waals surface area contributed by atoms with Crippen LogP contribution in [-0.2, 0) is 40.2 Å². The van der Waals surface area contributed by atoms with Gasteiger partial charge in [0.25, 0.3) is 0 Å². The maximum Gasteiger partial charge on any atom is 4.00 e. The molecule has 2 rings (SSSR count). The Balaban J connectivity index is 0.000000364. The van der Waals surface area contributed by atoms with Gasteiger partial charge < -0.3 is 39.6 Å². The van der Waals surface area contributed by atoms with Crippen LogP contribution in [0, 0.1) is 10.8 Å². The minimum atomic E-state index is -1.67. The summed E-state index contributed by atoms with van der Waals surface area (Å²) in [6, 6.07) is 0. The second kappa shape index (κ2) is 7.02. The largest absolute Gasteiger partial charge is 4.00 e. The smallest absolute Gasteiger partial charge is 0.549 e. The van der Waals surface area contributed by atoms with Crippen LogP contribution in [-0.4, -0.2) is 23.9 Å². The fourth-order valence-electron chi connectivity index (χ4n) is 2.04. The number of hydrogen-bond donors (Lipinski definition) is 0. The van der Waals surface area contributed by atoms with E-state index in [2.05, 4.69) is 0 Å². The van der Waals surface area contributed by atoms with E-state index in [1.54, 1.807) is 0 Å². The van der Waals surface area contributed by atoms with E-state index in [0.717, 1.165) is 0 Å². The Labute approximate surface area is 134 Å². The maximum atomic E-state index is 10.2. The number of hydrogen-bond acceptors (Lipinski definition) is 8. The molecule has 0 saturated heterocycles. The van der Waals surface area contributed by atoms with Crippen molar-refractivity contribution >= 4 is 23.9 Å². The summed E-state index contributed by atoms with van der Waals surface area (Å²) in [5.41, 5.74) is -3.33. The molecular weight excluding hydrogens is 467 g/mol. The first-order valence-corrected chi connectivity index (χ1v) is 6.05. The predicted molar refractivity (Wildman–Crippen MR) is 52.6 cm³/mol. The molecule has 0 aliphatic heterocycles. The second-order valence-electron chi connectivity index (χ2n) is 5.02. The van der Waals surface area contributed by atoms with Crippen molar-refractivity contribution in [2.45, 2.75) is 38.5 Å². The van der Waals surface area contributed by atoms with Crippen molar-refractivity contribution in [1.29, 1.82) is 0 Å². The minimum Gasteiger partial charge on any atom is -0.549 e. The van der Waals surface area contributed by atoms with Crippen LogP contribution in [0.2, 0.25) is 0 Å². The summed E-state index contributed by atoms with van der Waals surface area (Å²) >= 11 is 0. The predicted octanol–water partition coefficient (Wildman–Crippen LogP) is -4.69. The minimum absolute atomic E-state index is 0. The number of rotatable bonds is 4. The number of carboxylic acid groups (broad SMARTS) is 4. The van der Waals surface area contributed by atoms with Crippen molar-refractivity contribution in [2.75, 3.05) is 0 Å². The summed E-state index contributed by atoms with van der Waals surface area (Å²) in [7, 11) is 0. The summed E-state index contributed by atoms with van der Waals surface area (Å²) < 4.78 is 0. The zero-order chi connectivity index (χ0) is 15.6. The molecule has 2 fully saturated rings. The average Bonchev–Trinajstić information content (AvgIpc) is 2.10. The van der Waals surface area contributed by atoms with Crippen molar-refractivity contribution in [3.05, 3.63) is 0 Å². The van der Waals surface area contributed by atoms with Gasteiger partial charge in [-0.1, -0.05) is 12.8 Å². The number of carbonyl (C=O) groups excluding carboxylic acids is 4. The molecule has 0 atom stereocenters. The first-order valence-electron chi connectivity index (χ1n) is 6.05. The summed E-state index contributed by atoms with van der Waals surface area (Å²) in [4.78, 5) is 40.9. The van der Waals surface area contributed by atoms with Gasteiger partial charge in [0, 0.05) is 10.8 Å². The molecule has 0 heterocycles. The van der Waals surface area contributed by atoms with Gasteiger partial charge in [0.05, 0.1) is 23.9 Å². The van der Waals surface area contributed by atoms with Crippen molar-refractivity contribution < 1.29 is 60.7 Å². The van der Waals surface area contributed by atoms with Gasteiger partial charge in [-0.2, -0.15) is 0 Å². The zero-order valence-corrected chi connectivity index (χ0v) is 13.1. The number of carbonyl (C=O) groups is 4. The fraction of sp³-hybridized carbons (Fsp3) is 0.667. The second-order valence-corrected chi connectivity index (χ2v) is 5.02. The maximum absolute atomic E-state index is 10.2. The van der Waals surface area contributed by atoms with E-state index in [4.69, 9.17) is 0 Å². The molecule has 118 valence electrons. The summed E-state index contributed by atoms with van der Waals surface area (Å²) in [5.74, 6) is -6.06. The normalized spacial score (nSPS) is 20.2. The van der Waals surface area contributed by atoms with Gasteiger partial charge in [0.2, 0.25) is 0 Å². The molecule has 0 bridgehead atoms. The Hall–Kier alpha value is -1.43. The first-order chi connectivity index (χ1) is 9.19. The van der Waals surface area contributed by atoms with Crippen molar-refractivity contribution in [3.63, 3.8) is 0 Å². The van der Waals surface area contributed by atoms with Gasteiger partial charge in [-0.25, -0.2) is 0 Å². The molecule has 21 heavy (non-hydrogen) atoms. The molecule has 9 heteroatoms.